The van der Waals surface area contributed by atoms with Crippen LogP contribution in [0, 0.1) is 6.92 Å². The van der Waals surface area contributed by atoms with Crippen molar-refractivity contribution in [2.75, 3.05) is 19.7 Å². The van der Waals surface area contributed by atoms with Gasteiger partial charge in [0.15, 0.2) is 0 Å². The third-order valence-corrected chi connectivity index (χ3v) is 4.44. The van der Waals surface area contributed by atoms with Gasteiger partial charge in [-0.05, 0) is 39.2 Å². The molecule has 1 aliphatic rings. The fraction of sp³-hybridized carbons (Fsp3) is 0.647. The molecule has 0 saturated carbocycles. The average Bonchev–Trinajstić information content (AvgIpc) is 2.48. The number of ether oxygens (including phenoxy) is 1. The highest BCUT2D eigenvalue weighted by atomic mass is 16.5. The van der Waals surface area contributed by atoms with E-state index in [0.717, 1.165) is 32.5 Å². The van der Waals surface area contributed by atoms with Crippen LogP contribution in [0.2, 0.25) is 0 Å². The highest BCUT2D eigenvalue weighted by Crippen LogP contribution is 2.23. The minimum atomic E-state index is 0.0826. The molecule has 0 radical (unpaired) electrons. The van der Waals surface area contributed by atoms with E-state index >= 15 is 0 Å². The van der Waals surface area contributed by atoms with E-state index in [1.54, 1.807) is 0 Å². The fourth-order valence-corrected chi connectivity index (χ4v) is 2.98. The van der Waals surface area contributed by atoms with Gasteiger partial charge in [-0.3, -0.25) is 4.90 Å². The van der Waals surface area contributed by atoms with Crippen molar-refractivity contribution < 1.29 is 4.74 Å². The number of nitrogens with two attached hydrogens (primary N) is 1. The maximum absolute atomic E-state index is 6.44. The van der Waals surface area contributed by atoms with Crippen LogP contribution >= 0.6 is 0 Å². The van der Waals surface area contributed by atoms with Crippen molar-refractivity contribution >= 4 is 0 Å². The Hall–Kier alpha value is -0.900. The van der Waals surface area contributed by atoms with Crippen LogP contribution in [0.15, 0.2) is 24.3 Å². The van der Waals surface area contributed by atoms with E-state index in [1.807, 2.05) is 0 Å². The molecule has 0 amide bonds. The highest BCUT2D eigenvalue weighted by molar-refractivity contribution is 5.24. The van der Waals surface area contributed by atoms with E-state index in [2.05, 4.69) is 49.9 Å². The molecule has 0 aliphatic carbocycles. The summed E-state index contributed by atoms with van der Waals surface area (Å²) in [7, 11) is 0. The molecule has 3 nitrogen and oxygen atoms in total. The molecule has 2 rings (SSSR count). The number of hydrogen-bond donors (Lipinski definition) is 1. The molecule has 1 aliphatic heterocycles. The lowest BCUT2D eigenvalue weighted by Crippen LogP contribution is -2.46. The molecule has 3 heteroatoms. The van der Waals surface area contributed by atoms with E-state index in [0.29, 0.717) is 12.1 Å². The Balaban J connectivity index is 1.91. The Labute approximate surface area is 123 Å². The number of hydrogen-bond acceptors (Lipinski definition) is 3. The molecule has 2 N–H and O–H groups in total. The van der Waals surface area contributed by atoms with Gasteiger partial charge in [0, 0.05) is 31.8 Å². The molecule has 0 bridgehead atoms. The third-order valence-electron chi connectivity index (χ3n) is 4.44. The lowest BCUT2D eigenvalue weighted by atomic mass is 9.97. The summed E-state index contributed by atoms with van der Waals surface area (Å²) >= 11 is 0. The molecule has 1 aromatic rings. The maximum atomic E-state index is 6.44. The molecule has 2 unspecified atom stereocenters. The Morgan fingerprint density at radius 2 is 1.85 bits per heavy atom. The van der Waals surface area contributed by atoms with Gasteiger partial charge in [-0.15, -0.1) is 0 Å². The van der Waals surface area contributed by atoms with Crippen LogP contribution in [0.3, 0.4) is 0 Å². The van der Waals surface area contributed by atoms with Crippen molar-refractivity contribution in [1.29, 1.82) is 0 Å². The smallest absolute Gasteiger partial charge is 0.0599 e. The van der Waals surface area contributed by atoms with E-state index in [4.69, 9.17) is 10.5 Å². The Kier molecular flexibility index (Phi) is 5.58. The van der Waals surface area contributed by atoms with Gasteiger partial charge in [-0.1, -0.05) is 29.8 Å². The largest absolute Gasteiger partial charge is 0.378 e. The van der Waals surface area contributed by atoms with Crippen LogP contribution in [0.25, 0.3) is 0 Å². The second-order valence-electron chi connectivity index (χ2n) is 5.87. The van der Waals surface area contributed by atoms with Crippen molar-refractivity contribution in [3.05, 3.63) is 35.4 Å². The van der Waals surface area contributed by atoms with Gasteiger partial charge < -0.3 is 10.5 Å². The number of likely N-dealkylation sites (tertiary alicyclic amines) is 1. The normalized spacial score (nSPS) is 20.8. The summed E-state index contributed by atoms with van der Waals surface area (Å²) in [6.45, 7) is 9.42. The number of rotatable bonds is 5. The van der Waals surface area contributed by atoms with Crippen LogP contribution in [0.5, 0.6) is 0 Å². The molecule has 1 heterocycles. The summed E-state index contributed by atoms with van der Waals surface area (Å²) in [6.07, 6.45) is 2.69. The van der Waals surface area contributed by atoms with Gasteiger partial charge in [0.05, 0.1) is 6.10 Å². The van der Waals surface area contributed by atoms with Crippen LogP contribution in [0.1, 0.15) is 43.9 Å². The summed E-state index contributed by atoms with van der Waals surface area (Å²) < 4.78 is 5.71. The zero-order valence-electron chi connectivity index (χ0n) is 13.0. The van der Waals surface area contributed by atoms with E-state index < -0.39 is 0 Å². The summed E-state index contributed by atoms with van der Waals surface area (Å²) in [5.74, 6) is 0. The fourth-order valence-electron chi connectivity index (χ4n) is 2.98. The third kappa shape index (κ3) is 3.81. The molecule has 0 spiro atoms. The number of piperidine rings is 1. The monoisotopic (exact) mass is 276 g/mol. The summed E-state index contributed by atoms with van der Waals surface area (Å²) in [6, 6.07) is 9.05. The molecule has 2 atom stereocenters. The van der Waals surface area contributed by atoms with Crippen LogP contribution in [-0.4, -0.2) is 36.7 Å². The van der Waals surface area contributed by atoms with Gasteiger partial charge in [-0.25, -0.2) is 0 Å². The van der Waals surface area contributed by atoms with Crippen molar-refractivity contribution in [1.82, 2.24) is 4.90 Å². The molecular weight excluding hydrogens is 248 g/mol. The average molecular weight is 276 g/mol. The summed E-state index contributed by atoms with van der Waals surface area (Å²) in [4.78, 5) is 2.50. The minimum Gasteiger partial charge on any atom is -0.378 e. The lowest BCUT2D eigenvalue weighted by molar-refractivity contribution is 0.00309. The minimum absolute atomic E-state index is 0.0826. The maximum Gasteiger partial charge on any atom is 0.0599 e. The molecule has 0 aromatic heterocycles. The Morgan fingerprint density at radius 3 is 2.40 bits per heavy atom. The van der Waals surface area contributed by atoms with Crippen molar-refractivity contribution in [2.45, 2.75) is 51.8 Å². The highest BCUT2D eigenvalue weighted by Gasteiger charge is 2.26. The number of aryl methyl sites for hydroxylation is 1. The van der Waals surface area contributed by atoms with E-state index in [9.17, 15) is 0 Å². The van der Waals surface area contributed by atoms with Gasteiger partial charge in [-0.2, -0.15) is 0 Å². The summed E-state index contributed by atoms with van der Waals surface area (Å²) in [5, 5.41) is 0. The molecular formula is C17H28N2O. The second kappa shape index (κ2) is 7.21. The zero-order chi connectivity index (χ0) is 14.5. The number of nitrogens with zero attached hydrogens (tertiary/aromatic N) is 1. The van der Waals surface area contributed by atoms with Crippen LogP contribution in [-0.2, 0) is 4.74 Å². The van der Waals surface area contributed by atoms with E-state index in [-0.39, 0.29) is 6.04 Å². The first kappa shape index (κ1) is 15.5. The second-order valence-corrected chi connectivity index (χ2v) is 5.87. The number of benzene rings is 1. The molecule has 1 saturated heterocycles. The molecule has 1 fully saturated rings. The Morgan fingerprint density at radius 1 is 1.25 bits per heavy atom. The first-order valence-electron chi connectivity index (χ1n) is 7.79. The van der Waals surface area contributed by atoms with Crippen molar-refractivity contribution in [3.63, 3.8) is 0 Å². The molecule has 20 heavy (non-hydrogen) atoms. The standard InChI is InChI=1S/C17H28N2O/c1-4-20-16-9-11-19(12-10-16)14(3)17(18)15-7-5-13(2)6-8-15/h5-8,14,16-17H,4,9-12,18H2,1-3H3. The molecule has 1 aromatic carbocycles. The first-order valence-corrected chi connectivity index (χ1v) is 7.79. The van der Waals surface area contributed by atoms with Gasteiger partial charge in [0.1, 0.15) is 0 Å². The van der Waals surface area contributed by atoms with E-state index in [1.165, 1.54) is 11.1 Å². The van der Waals surface area contributed by atoms with Crippen molar-refractivity contribution in [3.8, 4) is 0 Å². The zero-order valence-corrected chi connectivity index (χ0v) is 13.0. The first-order chi connectivity index (χ1) is 9.61. The SMILES string of the molecule is CCOC1CCN(C(C)C(N)c2ccc(C)cc2)CC1. The Bertz CT molecular complexity index is 396. The van der Waals surface area contributed by atoms with Gasteiger partial charge in [0.25, 0.3) is 0 Å². The predicted molar refractivity (Wildman–Crippen MR) is 83.8 cm³/mol. The van der Waals surface area contributed by atoms with Gasteiger partial charge >= 0.3 is 0 Å². The van der Waals surface area contributed by atoms with Gasteiger partial charge in [0.2, 0.25) is 0 Å². The topological polar surface area (TPSA) is 38.5 Å². The predicted octanol–water partition coefficient (Wildman–Crippen LogP) is 2.88. The quantitative estimate of drug-likeness (QED) is 0.898. The van der Waals surface area contributed by atoms with Crippen molar-refractivity contribution in [2.24, 2.45) is 5.73 Å². The summed E-state index contributed by atoms with van der Waals surface area (Å²) in [5.41, 5.74) is 8.95. The molecule has 112 valence electrons. The van der Waals surface area contributed by atoms with Crippen LogP contribution in [0.4, 0.5) is 0 Å². The lowest BCUT2D eigenvalue weighted by Gasteiger charge is -2.38. The van der Waals surface area contributed by atoms with Crippen LogP contribution < -0.4 is 5.73 Å².